The average molecular weight is 303 g/mol. The molecular weight excluding hydrogens is 278 g/mol. The summed E-state index contributed by atoms with van der Waals surface area (Å²) in [5.41, 5.74) is 0. The fraction of sp³-hybridized carbons (Fsp3) is 0.688. The highest BCUT2D eigenvalue weighted by Crippen LogP contribution is 2.12. The van der Waals surface area contributed by atoms with Gasteiger partial charge in [0.1, 0.15) is 0 Å². The van der Waals surface area contributed by atoms with Crippen molar-refractivity contribution in [3.05, 3.63) is 18.5 Å². The molecule has 0 aromatic carbocycles. The molecule has 2 saturated heterocycles. The van der Waals surface area contributed by atoms with Crippen molar-refractivity contribution in [3.8, 4) is 0 Å². The molecule has 0 spiro atoms. The van der Waals surface area contributed by atoms with Crippen LogP contribution in [0.2, 0.25) is 0 Å². The quantitative estimate of drug-likeness (QED) is 0.830. The van der Waals surface area contributed by atoms with Crippen LogP contribution in [0.5, 0.6) is 0 Å². The van der Waals surface area contributed by atoms with Gasteiger partial charge in [0.2, 0.25) is 11.9 Å². The monoisotopic (exact) mass is 303 g/mol. The molecule has 0 atom stereocenters. The van der Waals surface area contributed by atoms with Crippen LogP contribution in [-0.4, -0.2) is 71.5 Å². The topological polar surface area (TPSA) is 52.6 Å². The second-order valence-corrected chi connectivity index (χ2v) is 6.07. The van der Waals surface area contributed by atoms with E-state index in [4.69, 9.17) is 0 Å². The molecular formula is C16H25N5O. The number of hydrogen-bond acceptors (Lipinski definition) is 5. The summed E-state index contributed by atoms with van der Waals surface area (Å²) in [4.78, 5) is 27.4. The predicted octanol–water partition coefficient (Wildman–Crippen LogP) is 1.00. The van der Waals surface area contributed by atoms with E-state index in [0.29, 0.717) is 12.3 Å². The Hall–Kier alpha value is -1.69. The van der Waals surface area contributed by atoms with Crippen molar-refractivity contribution in [1.29, 1.82) is 0 Å². The molecule has 6 heteroatoms. The minimum atomic E-state index is 0.327. The van der Waals surface area contributed by atoms with Crippen LogP contribution in [0, 0.1) is 0 Å². The first-order valence-electron chi connectivity index (χ1n) is 8.35. The first-order chi connectivity index (χ1) is 10.8. The zero-order valence-electron chi connectivity index (χ0n) is 13.2. The third-order valence-electron chi connectivity index (χ3n) is 4.56. The molecule has 0 bridgehead atoms. The molecule has 120 valence electrons. The van der Waals surface area contributed by atoms with E-state index in [2.05, 4.69) is 19.8 Å². The highest BCUT2D eigenvalue weighted by Gasteiger charge is 2.21. The molecule has 1 aromatic rings. The summed E-state index contributed by atoms with van der Waals surface area (Å²) in [7, 11) is 0. The molecule has 0 unspecified atom stereocenters. The van der Waals surface area contributed by atoms with Crippen LogP contribution in [0.4, 0.5) is 5.95 Å². The van der Waals surface area contributed by atoms with E-state index in [9.17, 15) is 4.79 Å². The Morgan fingerprint density at radius 2 is 1.64 bits per heavy atom. The van der Waals surface area contributed by atoms with Gasteiger partial charge in [0.15, 0.2) is 0 Å². The van der Waals surface area contributed by atoms with Crippen molar-refractivity contribution < 1.29 is 4.79 Å². The van der Waals surface area contributed by atoms with Crippen LogP contribution in [0.1, 0.15) is 25.7 Å². The molecule has 6 nitrogen and oxygen atoms in total. The lowest BCUT2D eigenvalue weighted by molar-refractivity contribution is -0.132. The van der Waals surface area contributed by atoms with Gasteiger partial charge < -0.3 is 9.80 Å². The van der Waals surface area contributed by atoms with Gasteiger partial charge in [0.25, 0.3) is 0 Å². The van der Waals surface area contributed by atoms with Crippen molar-refractivity contribution in [3.63, 3.8) is 0 Å². The summed E-state index contributed by atoms with van der Waals surface area (Å²) in [6, 6.07) is 1.84. The van der Waals surface area contributed by atoms with Gasteiger partial charge in [-0.15, -0.1) is 0 Å². The van der Waals surface area contributed by atoms with Crippen molar-refractivity contribution in [1.82, 2.24) is 19.8 Å². The largest absolute Gasteiger partial charge is 0.343 e. The summed E-state index contributed by atoms with van der Waals surface area (Å²) in [5, 5.41) is 0. The second kappa shape index (κ2) is 7.54. The normalized spacial score (nSPS) is 20.2. The maximum absolute atomic E-state index is 12.2. The molecule has 2 aliphatic rings. The van der Waals surface area contributed by atoms with Crippen LogP contribution in [0.25, 0.3) is 0 Å². The standard InChI is InChI=1S/C16H25N5O/c22-15(20-8-2-1-3-9-20)5-10-19-11-13-21(14-12-19)16-17-6-4-7-18-16/h4,6-7H,1-3,5,8-14H2. The zero-order chi connectivity index (χ0) is 15.2. The number of aromatic nitrogens is 2. The van der Waals surface area contributed by atoms with Crippen LogP contribution in [0.15, 0.2) is 18.5 Å². The van der Waals surface area contributed by atoms with Crippen LogP contribution in [-0.2, 0) is 4.79 Å². The number of nitrogens with zero attached hydrogens (tertiary/aromatic N) is 5. The number of anilines is 1. The van der Waals surface area contributed by atoms with Gasteiger partial charge in [0, 0.05) is 64.6 Å². The SMILES string of the molecule is O=C(CCN1CCN(c2ncccn2)CC1)N1CCCCC1. The van der Waals surface area contributed by atoms with E-state index in [0.717, 1.165) is 51.8 Å². The Bertz CT molecular complexity index is 467. The van der Waals surface area contributed by atoms with E-state index in [1.54, 1.807) is 12.4 Å². The van der Waals surface area contributed by atoms with E-state index < -0.39 is 0 Å². The first-order valence-corrected chi connectivity index (χ1v) is 8.35. The number of piperidine rings is 1. The van der Waals surface area contributed by atoms with E-state index >= 15 is 0 Å². The molecule has 22 heavy (non-hydrogen) atoms. The van der Waals surface area contributed by atoms with E-state index in [1.807, 2.05) is 11.0 Å². The lowest BCUT2D eigenvalue weighted by Crippen LogP contribution is -2.48. The molecule has 0 aliphatic carbocycles. The molecule has 2 fully saturated rings. The Morgan fingerprint density at radius 1 is 0.955 bits per heavy atom. The number of rotatable bonds is 4. The van der Waals surface area contributed by atoms with Gasteiger partial charge in [-0.3, -0.25) is 9.69 Å². The van der Waals surface area contributed by atoms with E-state index in [-0.39, 0.29) is 0 Å². The third-order valence-corrected chi connectivity index (χ3v) is 4.56. The number of piperazine rings is 1. The van der Waals surface area contributed by atoms with Crippen molar-refractivity contribution in [2.24, 2.45) is 0 Å². The minimum Gasteiger partial charge on any atom is -0.343 e. The smallest absolute Gasteiger partial charge is 0.225 e. The molecule has 3 rings (SSSR count). The molecule has 0 N–H and O–H groups in total. The first kappa shape index (κ1) is 15.2. The van der Waals surface area contributed by atoms with Crippen LogP contribution in [0.3, 0.4) is 0 Å². The summed E-state index contributed by atoms with van der Waals surface area (Å²) in [6.45, 7) is 6.61. The molecule has 2 aliphatic heterocycles. The van der Waals surface area contributed by atoms with Gasteiger partial charge >= 0.3 is 0 Å². The number of carbonyl (C=O) groups excluding carboxylic acids is 1. The fourth-order valence-corrected chi connectivity index (χ4v) is 3.18. The van der Waals surface area contributed by atoms with Gasteiger partial charge in [-0.05, 0) is 25.3 Å². The lowest BCUT2D eigenvalue weighted by Gasteiger charge is -2.35. The Morgan fingerprint density at radius 3 is 2.32 bits per heavy atom. The molecule has 1 aromatic heterocycles. The summed E-state index contributed by atoms with van der Waals surface area (Å²) >= 11 is 0. The summed E-state index contributed by atoms with van der Waals surface area (Å²) in [5.74, 6) is 1.14. The third kappa shape index (κ3) is 3.94. The van der Waals surface area contributed by atoms with Crippen molar-refractivity contribution in [2.75, 3.05) is 50.7 Å². The average Bonchev–Trinajstić information content (AvgIpc) is 2.61. The lowest BCUT2D eigenvalue weighted by atomic mass is 10.1. The number of likely N-dealkylation sites (tertiary alicyclic amines) is 1. The van der Waals surface area contributed by atoms with Gasteiger partial charge in [-0.25, -0.2) is 9.97 Å². The van der Waals surface area contributed by atoms with E-state index in [1.165, 1.54) is 19.3 Å². The molecule has 1 amide bonds. The Balaban J connectivity index is 1.39. The number of amides is 1. The number of carbonyl (C=O) groups is 1. The zero-order valence-corrected chi connectivity index (χ0v) is 13.2. The van der Waals surface area contributed by atoms with Gasteiger partial charge in [0.05, 0.1) is 0 Å². The second-order valence-electron chi connectivity index (χ2n) is 6.07. The highest BCUT2D eigenvalue weighted by atomic mass is 16.2. The summed E-state index contributed by atoms with van der Waals surface area (Å²) in [6.07, 6.45) is 7.83. The Kier molecular flexibility index (Phi) is 5.21. The van der Waals surface area contributed by atoms with Crippen LogP contribution < -0.4 is 4.90 Å². The fourth-order valence-electron chi connectivity index (χ4n) is 3.18. The van der Waals surface area contributed by atoms with Gasteiger partial charge in [-0.1, -0.05) is 0 Å². The maximum atomic E-state index is 12.2. The minimum absolute atomic E-state index is 0.327. The highest BCUT2D eigenvalue weighted by molar-refractivity contribution is 5.76. The maximum Gasteiger partial charge on any atom is 0.225 e. The predicted molar refractivity (Wildman–Crippen MR) is 85.7 cm³/mol. The molecule has 0 radical (unpaired) electrons. The molecule has 0 saturated carbocycles. The number of hydrogen-bond donors (Lipinski definition) is 0. The van der Waals surface area contributed by atoms with Gasteiger partial charge in [-0.2, -0.15) is 0 Å². The molecule has 3 heterocycles. The van der Waals surface area contributed by atoms with Crippen molar-refractivity contribution in [2.45, 2.75) is 25.7 Å². The van der Waals surface area contributed by atoms with Crippen molar-refractivity contribution >= 4 is 11.9 Å². The Labute approximate surface area is 132 Å². The van der Waals surface area contributed by atoms with Crippen LogP contribution >= 0.6 is 0 Å². The summed E-state index contributed by atoms with van der Waals surface area (Å²) < 4.78 is 0.